The predicted octanol–water partition coefficient (Wildman–Crippen LogP) is 3.50. The molecule has 1 amide bonds. The van der Waals surface area contributed by atoms with Gasteiger partial charge < -0.3 is 16.4 Å². The van der Waals surface area contributed by atoms with E-state index >= 15 is 0 Å². The summed E-state index contributed by atoms with van der Waals surface area (Å²) in [4.78, 5) is 26.9. The number of nitrogen functional groups attached to an aromatic ring is 1. The quantitative estimate of drug-likeness (QED) is 0.505. The number of para-hydroxylation sites is 2. The molecule has 1 heterocycles. The molecule has 0 saturated carbocycles. The lowest BCUT2D eigenvalue weighted by molar-refractivity contribution is -0.117. The Morgan fingerprint density at radius 3 is 2.39 bits per heavy atom. The van der Waals surface area contributed by atoms with Gasteiger partial charge in [0.25, 0.3) is 0 Å². The molecule has 2 aromatic carbocycles. The minimum atomic E-state index is -0.841. The Bertz CT molecular complexity index is 1030. The van der Waals surface area contributed by atoms with Crippen molar-refractivity contribution in [3.05, 3.63) is 66.0 Å². The number of rotatable bonds is 8. The Hall–Kier alpha value is -3.66. The molecule has 162 valence electrons. The van der Waals surface area contributed by atoms with Crippen LogP contribution in [0.2, 0.25) is 0 Å². The van der Waals surface area contributed by atoms with Gasteiger partial charge in [0.15, 0.2) is 5.82 Å². The number of likely N-dealkylation sites (N-methyl/N-ethyl adjacent to an activating group) is 1. The van der Waals surface area contributed by atoms with Crippen LogP contribution in [0.25, 0.3) is 0 Å². The molecule has 0 aliphatic heterocycles. The predicted molar refractivity (Wildman–Crippen MR) is 115 cm³/mol. The Balaban J connectivity index is 1.74. The maximum atomic E-state index is 13.8. The van der Waals surface area contributed by atoms with E-state index in [-0.39, 0.29) is 18.4 Å². The maximum Gasteiger partial charge on any atom is 0.238 e. The third-order valence-corrected chi connectivity index (χ3v) is 4.60. The van der Waals surface area contributed by atoms with Gasteiger partial charge in [-0.25, -0.2) is 8.78 Å². The zero-order valence-electron chi connectivity index (χ0n) is 17.1. The molecule has 3 rings (SSSR count). The van der Waals surface area contributed by atoms with Crippen molar-refractivity contribution in [2.24, 2.45) is 0 Å². The molecule has 0 radical (unpaired) electrons. The first-order valence-electron chi connectivity index (χ1n) is 9.68. The highest BCUT2D eigenvalue weighted by molar-refractivity contribution is 5.92. The molecule has 0 bridgehead atoms. The van der Waals surface area contributed by atoms with Crippen LogP contribution in [-0.4, -0.2) is 38.8 Å². The molecule has 10 heteroatoms. The van der Waals surface area contributed by atoms with Crippen molar-refractivity contribution < 1.29 is 13.6 Å². The van der Waals surface area contributed by atoms with Gasteiger partial charge in [-0.3, -0.25) is 9.69 Å². The minimum Gasteiger partial charge on any atom is -0.368 e. The smallest absolute Gasteiger partial charge is 0.238 e. The lowest BCUT2D eigenvalue weighted by atomic mass is 10.2. The van der Waals surface area contributed by atoms with Crippen LogP contribution in [0.4, 0.5) is 32.1 Å². The molecule has 1 atom stereocenters. The number of amides is 1. The summed E-state index contributed by atoms with van der Waals surface area (Å²) >= 11 is 0. The molecule has 0 spiro atoms. The van der Waals surface area contributed by atoms with Gasteiger partial charge >= 0.3 is 0 Å². The van der Waals surface area contributed by atoms with Gasteiger partial charge in [0, 0.05) is 5.69 Å². The maximum absolute atomic E-state index is 13.8. The van der Waals surface area contributed by atoms with Crippen LogP contribution in [0.1, 0.15) is 25.7 Å². The molecule has 1 unspecified atom stereocenters. The van der Waals surface area contributed by atoms with Crippen LogP contribution in [0.5, 0.6) is 0 Å². The largest absolute Gasteiger partial charge is 0.368 e. The van der Waals surface area contributed by atoms with E-state index in [1.165, 1.54) is 6.07 Å². The Kier molecular flexibility index (Phi) is 7.03. The highest BCUT2D eigenvalue weighted by Crippen LogP contribution is 2.21. The number of nitrogens with one attached hydrogen (secondary N) is 2. The fraction of sp³-hybridized carbons (Fsp3) is 0.238. The van der Waals surface area contributed by atoms with Crippen LogP contribution in [-0.2, 0) is 4.79 Å². The van der Waals surface area contributed by atoms with E-state index in [9.17, 15) is 13.6 Å². The highest BCUT2D eigenvalue weighted by Gasteiger charge is 2.22. The van der Waals surface area contributed by atoms with E-state index in [0.29, 0.717) is 12.4 Å². The van der Waals surface area contributed by atoms with Crippen molar-refractivity contribution in [2.45, 2.75) is 19.9 Å². The SMILES string of the molecule is CCN(CC(=O)Nc1c(F)cccc1F)C(C)c1nc(N)nc(Nc2ccccc2)n1. The van der Waals surface area contributed by atoms with E-state index in [1.807, 2.05) is 44.2 Å². The first-order valence-corrected chi connectivity index (χ1v) is 9.68. The molecule has 0 aliphatic rings. The zero-order chi connectivity index (χ0) is 22.4. The van der Waals surface area contributed by atoms with Crippen LogP contribution >= 0.6 is 0 Å². The summed E-state index contributed by atoms with van der Waals surface area (Å²) in [5.41, 5.74) is 6.15. The molecule has 4 N–H and O–H groups in total. The molecule has 0 aliphatic carbocycles. The zero-order valence-corrected chi connectivity index (χ0v) is 17.1. The molecule has 0 saturated heterocycles. The third kappa shape index (κ3) is 5.70. The normalized spacial score (nSPS) is 11.9. The van der Waals surface area contributed by atoms with Crippen molar-refractivity contribution in [1.82, 2.24) is 19.9 Å². The van der Waals surface area contributed by atoms with Crippen LogP contribution < -0.4 is 16.4 Å². The second-order valence-electron chi connectivity index (χ2n) is 6.75. The van der Waals surface area contributed by atoms with Gasteiger partial charge in [-0.1, -0.05) is 31.2 Å². The topological polar surface area (TPSA) is 109 Å². The Morgan fingerprint density at radius 1 is 1.06 bits per heavy atom. The number of carbonyl (C=O) groups is 1. The van der Waals surface area contributed by atoms with Crippen LogP contribution in [0.3, 0.4) is 0 Å². The average Bonchev–Trinajstić information content (AvgIpc) is 2.74. The second-order valence-corrected chi connectivity index (χ2v) is 6.75. The molecule has 1 aromatic heterocycles. The summed E-state index contributed by atoms with van der Waals surface area (Å²) in [5.74, 6) is -1.59. The summed E-state index contributed by atoms with van der Waals surface area (Å²) in [5, 5.41) is 5.34. The Labute approximate surface area is 178 Å². The molecular formula is C21H23F2N7O. The van der Waals surface area contributed by atoms with Gasteiger partial charge in [0.2, 0.25) is 17.8 Å². The van der Waals surface area contributed by atoms with E-state index in [0.717, 1.165) is 17.8 Å². The number of anilines is 4. The lowest BCUT2D eigenvalue weighted by Crippen LogP contribution is -2.36. The average molecular weight is 427 g/mol. The fourth-order valence-corrected chi connectivity index (χ4v) is 2.97. The highest BCUT2D eigenvalue weighted by atomic mass is 19.1. The van der Waals surface area contributed by atoms with Crippen molar-refractivity contribution >= 4 is 29.2 Å². The first kappa shape index (κ1) is 22.0. The van der Waals surface area contributed by atoms with Crippen molar-refractivity contribution in [3.63, 3.8) is 0 Å². The van der Waals surface area contributed by atoms with Crippen LogP contribution in [0, 0.1) is 11.6 Å². The molecule has 8 nitrogen and oxygen atoms in total. The summed E-state index contributed by atoms with van der Waals surface area (Å²) in [7, 11) is 0. The van der Waals surface area contributed by atoms with Gasteiger partial charge in [0.05, 0.1) is 12.6 Å². The lowest BCUT2D eigenvalue weighted by Gasteiger charge is -2.26. The van der Waals surface area contributed by atoms with Gasteiger partial charge in [-0.05, 0) is 37.7 Å². The number of benzene rings is 2. The number of nitrogens with two attached hydrogens (primary N) is 1. The molecular weight excluding hydrogens is 404 g/mol. The van der Waals surface area contributed by atoms with Gasteiger partial charge in [-0.15, -0.1) is 0 Å². The number of hydrogen-bond acceptors (Lipinski definition) is 7. The van der Waals surface area contributed by atoms with Crippen molar-refractivity contribution in [1.29, 1.82) is 0 Å². The summed E-state index contributed by atoms with van der Waals surface area (Å²) < 4.78 is 27.6. The molecule has 3 aromatic rings. The summed E-state index contributed by atoms with van der Waals surface area (Å²) in [6.07, 6.45) is 0. The number of hydrogen-bond donors (Lipinski definition) is 3. The van der Waals surface area contributed by atoms with E-state index in [2.05, 4.69) is 25.6 Å². The number of nitrogens with zero attached hydrogens (tertiary/aromatic N) is 4. The van der Waals surface area contributed by atoms with Crippen molar-refractivity contribution in [2.75, 3.05) is 29.5 Å². The van der Waals surface area contributed by atoms with Crippen LogP contribution in [0.15, 0.2) is 48.5 Å². The van der Waals surface area contributed by atoms with Gasteiger partial charge in [0.1, 0.15) is 17.3 Å². The minimum absolute atomic E-state index is 0.0317. The summed E-state index contributed by atoms with van der Waals surface area (Å²) in [6, 6.07) is 12.3. The third-order valence-electron chi connectivity index (χ3n) is 4.60. The van der Waals surface area contributed by atoms with Crippen molar-refractivity contribution in [3.8, 4) is 0 Å². The Morgan fingerprint density at radius 2 is 1.74 bits per heavy atom. The monoisotopic (exact) mass is 427 g/mol. The molecule has 31 heavy (non-hydrogen) atoms. The van der Waals surface area contributed by atoms with E-state index in [4.69, 9.17) is 5.73 Å². The fourth-order valence-electron chi connectivity index (χ4n) is 2.97. The number of halogens is 2. The first-order chi connectivity index (χ1) is 14.9. The number of carbonyl (C=O) groups excluding carboxylic acids is 1. The second kappa shape index (κ2) is 9.90. The van der Waals surface area contributed by atoms with Gasteiger partial charge in [-0.2, -0.15) is 15.0 Å². The summed E-state index contributed by atoms with van der Waals surface area (Å²) in [6.45, 7) is 3.99. The standard InChI is InChI=1S/C21H23F2N7O/c1-3-30(12-17(31)26-18-15(22)10-7-11-16(18)23)13(2)19-27-20(24)29-21(28-19)25-14-8-5-4-6-9-14/h4-11,13H,3,12H2,1-2H3,(H,26,31)(H3,24,25,27,28,29). The van der Waals surface area contributed by atoms with E-state index in [1.54, 1.807) is 4.90 Å². The molecule has 0 fully saturated rings. The number of aromatic nitrogens is 3. The van der Waals surface area contributed by atoms with E-state index < -0.39 is 29.3 Å².